The zero-order valence-corrected chi connectivity index (χ0v) is 10.8. The van der Waals surface area contributed by atoms with E-state index < -0.39 is 0 Å². The summed E-state index contributed by atoms with van der Waals surface area (Å²) in [5.74, 6) is 1.54. The molecular formula is C14H22N2O. The Labute approximate surface area is 104 Å². The fraction of sp³-hybridized carbons (Fsp3) is 0.643. The van der Waals surface area contributed by atoms with Crippen LogP contribution in [-0.4, -0.2) is 18.1 Å². The predicted molar refractivity (Wildman–Crippen MR) is 69.0 cm³/mol. The van der Waals surface area contributed by atoms with Crippen LogP contribution in [0.5, 0.6) is 5.88 Å². The molecule has 1 saturated carbocycles. The van der Waals surface area contributed by atoms with Crippen LogP contribution in [0.25, 0.3) is 0 Å². The molecule has 2 rings (SSSR count). The van der Waals surface area contributed by atoms with Crippen molar-refractivity contribution in [2.45, 2.75) is 45.2 Å². The minimum atomic E-state index is 0.588. The Kier molecular flexibility index (Phi) is 4.37. The first kappa shape index (κ1) is 12.4. The van der Waals surface area contributed by atoms with Gasteiger partial charge in [0.05, 0.1) is 12.8 Å². The maximum absolute atomic E-state index is 5.12. The molecule has 1 atom stereocenters. The molecule has 1 fully saturated rings. The quantitative estimate of drug-likeness (QED) is 0.850. The van der Waals surface area contributed by atoms with Crippen molar-refractivity contribution in [1.82, 2.24) is 10.3 Å². The van der Waals surface area contributed by atoms with Crippen molar-refractivity contribution in [1.29, 1.82) is 0 Å². The van der Waals surface area contributed by atoms with E-state index in [4.69, 9.17) is 4.74 Å². The molecule has 0 unspecified atom stereocenters. The second kappa shape index (κ2) is 6.01. The molecule has 17 heavy (non-hydrogen) atoms. The SMILES string of the molecule is COc1cccc(CN[C@H](C)C2CCCC2)n1. The van der Waals surface area contributed by atoms with Crippen LogP contribution < -0.4 is 10.1 Å². The van der Waals surface area contributed by atoms with Crippen molar-refractivity contribution in [2.75, 3.05) is 7.11 Å². The van der Waals surface area contributed by atoms with Crippen molar-refractivity contribution in [3.8, 4) is 5.88 Å². The van der Waals surface area contributed by atoms with Crippen molar-refractivity contribution < 1.29 is 4.74 Å². The summed E-state index contributed by atoms with van der Waals surface area (Å²) >= 11 is 0. The molecule has 3 heteroatoms. The van der Waals surface area contributed by atoms with Crippen LogP contribution in [0.4, 0.5) is 0 Å². The topological polar surface area (TPSA) is 34.1 Å². The highest BCUT2D eigenvalue weighted by atomic mass is 16.5. The fourth-order valence-electron chi connectivity index (χ4n) is 2.56. The van der Waals surface area contributed by atoms with Gasteiger partial charge in [-0.3, -0.25) is 0 Å². The smallest absolute Gasteiger partial charge is 0.213 e. The van der Waals surface area contributed by atoms with Gasteiger partial charge >= 0.3 is 0 Å². The number of nitrogens with zero attached hydrogens (tertiary/aromatic N) is 1. The van der Waals surface area contributed by atoms with Gasteiger partial charge < -0.3 is 10.1 Å². The van der Waals surface area contributed by atoms with E-state index in [1.54, 1.807) is 7.11 Å². The summed E-state index contributed by atoms with van der Waals surface area (Å²) in [6.07, 6.45) is 5.54. The predicted octanol–water partition coefficient (Wildman–Crippen LogP) is 2.76. The number of ether oxygens (including phenoxy) is 1. The largest absolute Gasteiger partial charge is 0.481 e. The molecule has 0 aliphatic heterocycles. The first-order chi connectivity index (χ1) is 8.29. The highest BCUT2D eigenvalue weighted by molar-refractivity contribution is 5.15. The van der Waals surface area contributed by atoms with E-state index in [9.17, 15) is 0 Å². The molecule has 1 N–H and O–H groups in total. The second-order valence-electron chi connectivity index (χ2n) is 4.89. The van der Waals surface area contributed by atoms with Gasteiger partial charge in [-0.05, 0) is 31.7 Å². The van der Waals surface area contributed by atoms with Crippen molar-refractivity contribution in [2.24, 2.45) is 5.92 Å². The normalized spacial score (nSPS) is 18.2. The van der Waals surface area contributed by atoms with Crippen LogP contribution >= 0.6 is 0 Å². The average molecular weight is 234 g/mol. The molecule has 0 radical (unpaired) electrons. The molecule has 1 aliphatic rings. The fourth-order valence-corrected chi connectivity index (χ4v) is 2.56. The average Bonchev–Trinajstić information content (AvgIpc) is 2.90. The monoisotopic (exact) mass is 234 g/mol. The van der Waals surface area contributed by atoms with Gasteiger partial charge in [-0.15, -0.1) is 0 Å². The summed E-state index contributed by atoms with van der Waals surface area (Å²) in [7, 11) is 1.65. The lowest BCUT2D eigenvalue weighted by Crippen LogP contribution is -2.32. The maximum atomic E-state index is 5.12. The van der Waals surface area contributed by atoms with E-state index in [0.717, 1.165) is 18.2 Å². The molecule has 0 bridgehead atoms. The van der Waals surface area contributed by atoms with Crippen LogP contribution in [0.2, 0.25) is 0 Å². The third-order valence-electron chi connectivity index (χ3n) is 3.70. The molecule has 3 nitrogen and oxygen atoms in total. The molecule has 1 aromatic rings. The standard InChI is InChI=1S/C14H22N2O/c1-11(12-6-3-4-7-12)15-10-13-8-5-9-14(16-13)17-2/h5,8-9,11-12,15H,3-4,6-7,10H2,1-2H3/t11-/m1/s1. The van der Waals surface area contributed by atoms with E-state index in [1.165, 1.54) is 25.7 Å². The summed E-state index contributed by atoms with van der Waals surface area (Å²) < 4.78 is 5.12. The molecule has 94 valence electrons. The number of rotatable bonds is 5. The van der Waals surface area contributed by atoms with Crippen molar-refractivity contribution in [3.05, 3.63) is 23.9 Å². The molecule has 0 aromatic carbocycles. The van der Waals surface area contributed by atoms with Crippen LogP contribution in [0.3, 0.4) is 0 Å². The van der Waals surface area contributed by atoms with Gasteiger partial charge in [-0.2, -0.15) is 0 Å². The number of aromatic nitrogens is 1. The molecular weight excluding hydrogens is 212 g/mol. The Balaban J connectivity index is 1.83. The van der Waals surface area contributed by atoms with E-state index in [2.05, 4.69) is 17.2 Å². The van der Waals surface area contributed by atoms with Crippen molar-refractivity contribution in [3.63, 3.8) is 0 Å². The molecule has 1 aliphatic carbocycles. The van der Waals surface area contributed by atoms with E-state index in [1.807, 2.05) is 18.2 Å². The first-order valence-electron chi connectivity index (χ1n) is 6.53. The van der Waals surface area contributed by atoms with Crippen LogP contribution in [0.1, 0.15) is 38.3 Å². The number of pyridine rings is 1. The van der Waals surface area contributed by atoms with Gasteiger partial charge in [0.15, 0.2) is 0 Å². The van der Waals surface area contributed by atoms with E-state index in [0.29, 0.717) is 11.9 Å². The number of methoxy groups -OCH3 is 1. The summed E-state index contributed by atoms with van der Waals surface area (Å²) in [6.45, 7) is 3.12. The molecule has 1 heterocycles. The van der Waals surface area contributed by atoms with Gasteiger partial charge in [0.2, 0.25) is 5.88 Å². The minimum Gasteiger partial charge on any atom is -0.481 e. The summed E-state index contributed by atoms with van der Waals surface area (Å²) in [4.78, 5) is 4.41. The number of nitrogens with one attached hydrogen (secondary N) is 1. The third kappa shape index (κ3) is 3.43. The summed E-state index contributed by atoms with van der Waals surface area (Å²) in [5.41, 5.74) is 1.05. The number of hydrogen-bond acceptors (Lipinski definition) is 3. The molecule has 0 spiro atoms. The van der Waals surface area contributed by atoms with Gasteiger partial charge in [0.25, 0.3) is 0 Å². The zero-order valence-electron chi connectivity index (χ0n) is 10.8. The molecule has 0 amide bonds. The maximum Gasteiger partial charge on any atom is 0.213 e. The minimum absolute atomic E-state index is 0.588. The molecule has 0 saturated heterocycles. The van der Waals surface area contributed by atoms with Crippen LogP contribution in [0, 0.1) is 5.92 Å². The third-order valence-corrected chi connectivity index (χ3v) is 3.70. The van der Waals surface area contributed by atoms with E-state index >= 15 is 0 Å². The van der Waals surface area contributed by atoms with Crippen LogP contribution in [-0.2, 0) is 6.54 Å². The Morgan fingerprint density at radius 3 is 2.88 bits per heavy atom. The Bertz CT molecular complexity index is 348. The summed E-state index contributed by atoms with van der Waals surface area (Å²) in [5, 5.41) is 3.57. The number of hydrogen-bond donors (Lipinski definition) is 1. The Hall–Kier alpha value is -1.09. The van der Waals surface area contributed by atoms with Crippen LogP contribution in [0.15, 0.2) is 18.2 Å². The highest BCUT2D eigenvalue weighted by Gasteiger charge is 2.20. The lowest BCUT2D eigenvalue weighted by atomic mass is 10.00. The van der Waals surface area contributed by atoms with E-state index in [-0.39, 0.29) is 0 Å². The lowest BCUT2D eigenvalue weighted by Gasteiger charge is -2.20. The van der Waals surface area contributed by atoms with Gasteiger partial charge in [-0.1, -0.05) is 18.9 Å². The highest BCUT2D eigenvalue weighted by Crippen LogP contribution is 2.27. The van der Waals surface area contributed by atoms with Gasteiger partial charge in [-0.25, -0.2) is 4.98 Å². The van der Waals surface area contributed by atoms with Gasteiger partial charge in [0.1, 0.15) is 0 Å². The first-order valence-corrected chi connectivity index (χ1v) is 6.53. The lowest BCUT2D eigenvalue weighted by molar-refractivity contribution is 0.373. The Morgan fingerprint density at radius 2 is 2.18 bits per heavy atom. The Morgan fingerprint density at radius 1 is 1.41 bits per heavy atom. The second-order valence-corrected chi connectivity index (χ2v) is 4.89. The zero-order chi connectivity index (χ0) is 12.1. The molecule has 1 aromatic heterocycles. The van der Waals surface area contributed by atoms with Gasteiger partial charge in [0, 0.05) is 18.7 Å². The van der Waals surface area contributed by atoms with Crippen molar-refractivity contribution >= 4 is 0 Å². The summed E-state index contributed by atoms with van der Waals surface area (Å²) in [6, 6.07) is 6.50.